The lowest BCUT2D eigenvalue weighted by Gasteiger charge is -2.35. The van der Waals surface area contributed by atoms with Crippen molar-refractivity contribution in [3.05, 3.63) is 23.3 Å². The van der Waals surface area contributed by atoms with Gasteiger partial charge in [0, 0.05) is 32.6 Å². The van der Waals surface area contributed by atoms with Crippen LogP contribution in [0.2, 0.25) is 0 Å². The first kappa shape index (κ1) is 18.5. The number of hydrogen-bond donors (Lipinski definition) is 0. The molecule has 2 aliphatic heterocycles. The van der Waals surface area contributed by atoms with Gasteiger partial charge in [-0.3, -0.25) is 9.59 Å². The van der Waals surface area contributed by atoms with E-state index in [9.17, 15) is 9.59 Å². The van der Waals surface area contributed by atoms with Crippen LogP contribution in [-0.2, 0) is 16.0 Å². The van der Waals surface area contributed by atoms with Crippen LogP contribution in [-0.4, -0.2) is 61.0 Å². The molecule has 6 heteroatoms. The Morgan fingerprint density at radius 3 is 2.15 bits per heavy atom. The minimum atomic E-state index is 0.102. The van der Waals surface area contributed by atoms with Gasteiger partial charge in [-0.25, -0.2) is 0 Å². The molecule has 1 saturated heterocycles. The summed E-state index contributed by atoms with van der Waals surface area (Å²) < 4.78 is 11.2. The smallest absolute Gasteiger partial charge is 0.227 e. The van der Waals surface area contributed by atoms with E-state index in [1.54, 1.807) is 0 Å². The predicted molar refractivity (Wildman–Crippen MR) is 98.6 cm³/mol. The first-order valence-electron chi connectivity index (χ1n) is 9.53. The van der Waals surface area contributed by atoms with Gasteiger partial charge < -0.3 is 19.3 Å². The first-order chi connectivity index (χ1) is 12.6. The Morgan fingerprint density at radius 2 is 1.54 bits per heavy atom. The summed E-state index contributed by atoms with van der Waals surface area (Å²) in [5, 5.41) is 0. The molecule has 0 aliphatic carbocycles. The molecule has 2 aliphatic rings. The maximum atomic E-state index is 12.7. The van der Waals surface area contributed by atoms with Crippen molar-refractivity contribution in [1.82, 2.24) is 9.80 Å². The maximum Gasteiger partial charge on any atom is 0.227 e. The molecule has 142 valence electrons. The molecule has 6 nitrogen and oxygen atoms in total. The topological polar surface area (TPSA) is 59.1 Å². The van der Waals surface area contributed by atoms with E-state index in [4.69, 9.17) is 9.47 Å². The Hall–Kier alpha value is -2.24. The van der Waals surface area contributed by atoms with Gasteiger partial charge in [0.1, 0.15) is 13.2 Å². The van der Waals surface area contributed by atoms with Gasteiger partial charge in [-0.1, -0.05) is 13.3 Å². The summed E-state index contributed by atoms with van der Waals surface area (Å²) in [5.41, 5.74) is 2.01. The lowest BCUT2D eigenvalue weighted by Crippen LogP contribution is -2.51. The zero-order valence-electron chi connectivity index (χ0n) is 15.8. The van der Waals surface area contributed by atoms with Gasteiger partial charge in [0.25, 0.3) is 0 Å². The SMILES string of the molecule is CCCCC(=O)N1CCN(C(=O)Cc2cc3c(cc2C)OCCO3)CC1. The number of rotatable bonds is 5. The molecule has 0 saturated carbocycles. The Morgan fingerprint density at radius 1 is 0.962 bits per heavy atom. The van der Waals surface area contributed by atoms with Crippen LogP contribution in [0.3, 0.4) is 0 Å². The Labute approximate surface area is 155 Å². The van der Waals surface area contributed by atoms with Crippen LogP contribution in [0.5, 0.6) is 11.5 Å². The highest BCUT2D eigenvalue weighted by Gasteiger charge is 2.24. The van der Waals surface area contributed by atoms with Crippen LogP contribution in [0.25, 0.3) is 0 Å². The Bertz CT molecular complexity index is 666. The number of unbranched alkanes of at least 4 members (excludes halogenated alkanes) is 1. The lowest BCUT2D eigenvalue weighted by molar-refractivity contribution is -0.139. The highest BCUT2D eigenvalue weighted by Crippen LogP contribution is 2.33. The largest absolute Gasteiger partial charge is 0.486 e. The van der Waals surface area contributed by atoms with Gasteiger partial charge in [-0.2, -0.15) is 0 Å². The van der Waals surface area contributed by atoms with Crippen LogP contribution in [0, 0.1) is 6.92 Å². The number of nitrogens with zero attached hydrogens (tertiary/aromatic N) is 2. The van der Waals surface area contributed by atoms with Crippen molar-refractivity contribution in [3.63, 3.8) is 0 Å². The van der Waals surface area contributed by atoms with E-state index in [2.05, 4.69) is 6.92 Å². The van der Waals surface area contributed by atoms with Crippen LogP contribution >= 0.6 is 0 Å². The second kappa shape index (κ2) is 8.43. The fraction of sp³-hybridized carbons (Fsp3) is 0.600. The van der Waals surface area contributed by atoms with Crippen molar-refractivity contribution < 1.29 is 19.1 Å². The van der Waals surface area contributed by atoms with Gasteiger partial charge in [-0.15, -0.1) is 0 Å². The van der Waals surface area contributed by atoms with Crippen molar-refractivity contribution >= 4 is 11.8 Å². The molecule has 0 radical (unpaired) electrons. The lowest BCUT2D eigenvalue weighted by atomic mass is 10.0. The van der Waals surface area contributed by atoms with E-state index in [0.29, 0.717) is 52.2 Å². The van der Waals surface area contributed by atoms with Crippen molar-refractivity contribution in [2.75, 3.05) is 39.4 Å². The van der Waals surface area contributed by atoms with E-state index in [0.717, 1.165) is 35.5 Å². The first-order valence-corrected chi connectivity index (χ1v) is 9.53. The average Bonchev–Trinajstić information content (AvgIpc) is 2.66. The molecule has 0 bridgehead atoms. The second-order valence-electron chi connectivity index (χ2n) is 6.96. The summed E-state index contributed by atoms with van der Waals surface area (Å²) in [6.07, 6.45) is 2.92. The summed E-state index contributed by atoms with van der Waals surface area (Å²) >= 11 is 0. The summed E-state index contributed by atoms with van der Waals surface area (Å²) in [6.45, 7) is 7.67. The molecule has 0 spiro atoms. The number of piperazine rings is 1. The zero-order valence-corrected chi connectivity index (χ0v) is 15.8. The molecule has 0 N–H and O–H groups in total. The Balaban J connectivity index is 1.55. The molecular weight excluding hydrogens is 332 g/mol. The standard InChI is InChI=1S/C20H28N2O4/c1-3-4-5-19(23)21-6-8-22(9-7-21)20(24)14-16-13-18-17(12-15(16)2)25-10-11-26-18/h12-13H,3-11,14H2,1-2H3. The summed E-state index contributed by atoms with van der Waals surface area (Å²) in [6, 6.07) is 3.87. The number of carbonyl (C=O) groups is 2. The average molecular weight is 360 g/mol. The van der Waals surface area contributed by atoms with Crippen LogP contribution < -0.4 is 9.47 Å². The molecular formula is C20H28N2O4. The third kappa shape index (κ3) is 4.29. The number of fused-ring (bicyclic) bond motifs is 1. The monoisotopic (exact) mass is 360 g/mol. The number of hydrogen-bond acceptors (Lipinski definition) is 4. The summed E-state index contributed by atoms with van der Waals surface area (Å²) in [5.74, 6) is 1.78. The zero-order chi connectivity index (χ0) is 18.5. The molecule has 26 heavy (non-hydrogen) atoms. The number of benzene rings is 1. The molecule has 2 heterocycles. The van der Waals surface area contributed by atoms with Crippen molar-refractivity contribution in [2.45, 2.75) is 39.5 Å². The quantitative estimate of drug-likeness (QED) is 0.807. The van der Waals surface area contributed by atoms with E-state index in [-0.39, 0.29) is 11.8 Å². The van der Waals surface area contributed by atoms with Crippen molar-refractivity contribution in [1.29, 1.82) is 0 Å². The maximum absolute atomic E-state index is 12.7. The molecule has 1 fully saturated rings. The summed E-state index contributed by atoms with van der Waals surface area (Å²) in [4.78, 5) is 28.5. The van der Waals surface area contributed by atoms with Gasteiger partial charge in [0.05, 0.1) is 6.42 Å². The third-order valence-electron chi connectivity index (χ3n) is 5.07. The molecule has 1 aromatic carbocycles. The van der Waals surface area contributed by atoms with Gasteiger partial charge >= 0.3 is 0 Å². The Kier molecular flexibility index (Phi) is 6.01. The van der Waals surface area contributed by atoms with E-state index in [1.807, 2.05) is 28.9 Å². The number of carbonyl (C=O) groups excluding carboxylic acids is 2. The second-order valence-corrected chi connectivity index (χ2v) is 6.96. The predicted octanol–water partition coefficient (Wildman–Crippen LogP) is 2.17. The highest BCUT2D eigenvalue weighted by atomic mass is 16.6. The molecule has 1 aromatic rings. The summed E-state index contributed by atoms with van der Waals surface area (Å²) in [7, 11) is 0. The number of amides is 2. The minimum Gasteiger partial charge on any atom is -0.486 e. The third-order valence-corrected chi connectivity index (χ3v) is 5.07. The number of ether oxygens (including phenoxy) is 2. The van der Waals surface area contributed by atoms with Crippen molar-refractivity contribution in [2.24, 2.45) is 0 Å². The van der Waals surface area contributed by atoms with E-state index in [1.165, 1.54) is 0 Å². The van der Waals surface area contributed by atoms with Crippen LogP contribution in [0.4, 0.5) is 0 Å². The van der Waals surface area contributed by atoms with Gasteiger partial charge in [0.2, 0.25) is 11.8 Å². The van der Waals surface area contributed by atoms with Gasteiger partial charge in [0.15, 0.2) is 11.5 Å². The van der Waals surface area contributed by atoms with E-state index >= 15 is 0 Å². The fourth-order valence-electron chi connectivity index (χ4n) is 3.39. The van der Waals surface area contributed by atoms with Crippen molar-refractivity contribution in [3.8, 4) is 11.5 Å². The normalized spacial score (nSPS) is 16.5. The number of aryl methyl sites for hydroxylation is 1. The molecule has 3 rings (SSSR count). The molecule has 0 aromatic heterocycles. The minimum absolute atomic E-state index is 0.102. The van der Waals surface area contributed by atoms with Crippen LogP contribution in [0.15, 0.2) is 12.1 Å². The molecule has 0 unspecified atom stereocenters. The fourth-order valence-corrected chi connectivity index (χ4v) is 3.39. The highest BCUT2D eigenvalue weighted by molar-refractivity contribution is 5.80. The molecule has 2 amide bonds. The van der Waals surface area contributed by atoms with Crippen LogP contribution in [0.1, 0.15) is 37.3 Å². The molecule has 0 atom stereocenters. The van der Waals surface area contributed by atoms with Gasteiger partial charge in [-0.05, 0) is 36.6 Å². The van der Waals surface area contributed by atoms with E-state index < -0.39 is 0 Å².